The highest BCUT2D eigenvalue weighted by Crippen LogP contribution is 2.15. The highest BCUT2D eigenvalue weighted by Gasteiger charge is 1.95. The third-order valence-corrected chi connectivity index (χ3v) is 1.50. The molecule has 0 aromatic rings. The van der Waals surface area contributed by atoms with Crippen molar-refractivity contribution in [3.8, 4) is 0 Å². The zero-order chi connectivity index (χ0) is 4.24. The Balaban J connectivity index is -0.0000000450. The molecule has 0 radical (unpaired) electrons. The Morgan fingerprint density at radius 1 is 0.300 bits per heavy atom. The van der Waals surface area contributed by atoms with Gasteiger partial charge in [0, 0.05) is 0 Å². The van der Waals surface area contributed by atoms with Crippen LogP contribution in [0, 0.1) is 0 Å². The molecule has 0 aromatic carbocycles. The molecule has 1 aliphatic carbocycles. The molecule has 1 aliphatic rings. The van der Waals surface area contributed by atoms with E-state index in [1.807, 2.05) is 0 Å². The van der Waals surface area contributed by atoms with E-state index >= 15 is 0 Å². The summed E-state index contributed by atoms with van der Waals surface area (Å²) in [5.41, 5.74) is 0. The van der Waals surface area contributed by atoms with E-state index in [0.29, 0.717) is 0 Å². The summed E-state index contributed by atoms with van der Waals surface area (Å²) in [7, 11) is 0. The fraction of sp³-hybridized carbons (Fsp3) is 1.00. The largest absolute Gasteiger partial charge is 0.344 e. The highest BCUT2D eigenvalue weighted by atomic mass is 14.0. The maximum absolute atomic E-state index is 1.50. The van der Waals surface area contributed by atoms with Gasteiger partial charge in [0.15, 0.2) is 0 Å². The third-order valence-electron chi connectivity index (χ3n) is 1.50. The summed E-state index contributed by atoms with van der Waals surface area (Å²) in [6.07, 6.45) is 9.00. The maximum atomic E-state index is 1.50. The van der Waals surface area contributed by atoms with Gasteiger partial charge in [0.2, 0.25) is 0 Å². The molecular formula is C6H24N4. The SMILES string of the molecule is C1CCCCC1.N.N.N.N. The average molecular weight is 152 g/mol. The summed E-state index contributed by atoms with van der Waals surface area (Å²) in [5.74, 6) is 0. The fourth-order valence-corrected chi connectivity index (χ4v) is 1.06. The van der Waals surface area contributed by atoms with Crippen LogP contribution in [0.15, 0.2) is 0 Å². The smallest absolute Gasteiger partial charge is 0.0533 e. The molecular weight excluding hydrogens is 128 g/mol. The van der Waals surface area contributed by atoms with Crippen molar-refractivity contribution in [2.45, 2.75) is 38.5 Å². The molecule has 0 bridgehead atoms. The predicted molar refractivity (Wildman–Crippen MR) is 47.8 cm³/mol. The summed E-state index contributed by atoms with van der Waals surface area (Å²) in [6.45, 7) is 0. The Hall–Kier alpha value is -0.160. The van der Waals surface area contributed by atoms with Crippen LogP contribution in [0.5, 0.6) is 0 Å². The van der Waals surface area contributed by atoms with Gasteiger partial charge in [-0.3, -0.25) is 0 Å². The maximum Gasteiger partial charge on any atom is -0.0533 e. The van der Waals surface area contributed by atoms with Gasteiger partial charge in [-0.15, -0.1) is 0 Å². The molecule has 68 valence electrons. The van der Waals surface area contributed by atoms with Crippen molar-refractivity contribution in [1.29, 1.82) is 0 Å². The topological polar surface area (TPSA) is 140 Å². The lowest BCUT2D eigenvalue weighted by molar-refractivity contribution is 0.504. The van der Waals surface area contributed by atoms with Crippen molar-refractivity contribution >= 4 is 0 Å². The molecule has 1 rings (SSSR count). The molecule has 0 aromatic heterocycles. The van der Waals surface area contributed by atoms with Gasteiger partial charge >= 0.3 is 0 Å². The lowest BCUT2D eigenvalue weighted by Gasteiger charge is -2.05. The van der Waals surface area contributed by atoms with E-state index < -0.39 is 0 Å². The second-order valence-corrected chi connectivity index (χ2v) is 2.12. The highest BCUT2D eigenvalue weighted by molar-refractivity contribution is 4.51. The number of hydrogen-bond donors (Lipinski definition) is 4. The molecule has 0 spiro atoms. The van der Waals surface area contributed by atoms with Gasteiger partial charge in [0.05, 0.1) is 0 Å². The zero-order valence-electron chi connectivity index (χ0n) is 7.07. The lowest BCUT2D eigenvalue weighted by Crippen LogP contribution is -1.85. The molecule has 4 heteroatoms. The number of rotatable bonds is 0. The van der Waals surface area contributed by atoms with Crippen LogP contribution in [0.1, 0.15) is 38.5 Å². The second kappa shape index (κ2) is 15.9. The molecule has 1 fully saturated rings. The molecule has 1 saturated carbocycles. The molecule has 0 saturated heterocycles. The van der Waals surface area contributed by atoms with E-state index in [-0.39, 0.29) is 24.6 Å². The summed E-state index contributed by atoms with van der Waals surface area (Å²) < 4.78 is 0. The van der Waals surface area contributed by atoms with Gasteiger partial charge in [0.25, 0.3) is 0 Å². The van der Waals surface area contributed by atoms with Crippen LogP contribution in [-0.2, 0) is 0 Å². The van der Waals surface area contributed by atoms with Crippen LogP contribution in [0.2, 0.25) is 0 Å². The minimum Gasteiger partial charge on any atom is -0.344 e. The van der Waals surface area contributed by atoms with Gasteiger partial charge < -0.3 is 24.6 Å². The average Bonchev–Trinajstić information content (AvgIpc) is 1.72. The summed E-state index contributed by atoms with van der Waals surface area (Å²) in [4.78, 5) is 0. The van der Waals surface area contributed by atoms with E-state index in [1.165, 1.54) is 38.5 Å². The zero-order valence-corrected chi connectivity index (χ0v) is 7.07. The van der Waals surface area contributed by atoms with Gasteiger partial charge in [-0.25, -0.2) is 0 Å². The Kier molecular flexibility index (Phi) is 35.9. The van der Waals surface area contributed by atoms with Crippen molar-refractivity contribution in [3.63, 3.8) is 0 Å². The fourth-order valence-electron chi connectivity index (χ4n) is 1.06. The normalized spacial score (nSPS) is 14.4. The summed E-state index contributed by atoms with van der Waals surface area (Å²) in [5, 5.41) is 0. The Morgan fingerprint density at radius 2 is 0.400 bits per heavy atom. The van der Waals surface area contributed by atoms with Crippen LogP contribution >= 0.6 is 0 Å². The first-order valence-electron chi connectivity index (χ1n) is 3.00. The Morgan fingerprint density at radius 3 is 0.500 bits per heavy atom. The molecule has 0 aliphatic heterocycles. The number of hydrogen-bond acceptors (Lipinski definition) is 4. The molecule has 0 heterocycles. The molecule has 12 N–H and O–H groups in total. The van der Waals surface area contributed by atoms with Crippen LogP contribution in [0.4, 0.5) is 0 Å². The van der Waals surface area contributed by atoms with Crippen LogP contribution in [0.25, 0.3) is 0 Å². The van der Waals surface area contributed by atoms with E-state index in [0.717, 1.165) is 0 Å². The summed E-state index contributed by atoms with van der Waals surface area (Å²) >= 11 is 0. The second-order valence-electron chi connectivity index (χ2n) is 2.12. The van der Waals surface area contributed by atoms with Crippen molar-refractivity contribution in [2.24, 2.45) is 0 Å². The van der Waals surface area contributed by atoms with Crippen molar-refractivity contribution in [1.82, 2.24) is 24.6 Å². The van der Waals surface area contributed by atoms with E-state index in [9.17, 15) is 0 Å². The third kappa shape index (κ3) is 10.8. The first kappa shape index (κ1) is 22.5. The van der Waals surface area contributed by atoms with Crippen molar-refractivity contribution in [3.05, 3.63) is 0 Å². The monoisotopic (exact) mass is 152 g/mol. The van der Waals surface area contributed by atoms with Gasteiger partial charge in [0.1, 0.15) is 0 Å². The molecule has 0 atom stereocenters. The molecule has 10 heavy (non-hydrogen) atoms. The van der Waals surface area contributed by atoms with Crippen LogP contribution < -0.4 is 24.6 Å². The Bertz CT molecular complexity index is 25.2. The van der Waals surface area contributed by atoms with E-state index in [1.54, 1.807) is 0 Å². The quantitative estimate of drug-likeness (QED) is 0.423. The predicted octanol–water partition coefficient (Wildman–Crippen LogP) is 2.99. The standard InChI is InChI=1S/C6H12.4H3N/c1-2-4-6-5-3-1;;;;/h1-6H2;4*1H3. The van der Waals surface area contributed by atoms with Gasteiger partial charge in [-0.05, 0) is 0 Å². The van der Waals surface area contributed by atoms with Crippen molar-refractivity contribution in [2.75, 3.05) is 0 Å². The molecule has 4 nitrogen and oxygen atoms in total. The van der Waals surface area contributed by atoms with E-state index in [2.05, 4.69) is 0 Å². The van der Waals surface area contributed by atoms with Crippen molar-refractivity contribution < 1.29 is 0 Å². The van der Waals surface area contributed by atoms with Crippen LogP contribution in [0.3, 0.4) is 0 Å². The first-order chi connectivity index (χ1) is 3.00. The van der Waals surface area contributed by atoms with Gasteiger partial charge in [-0.1, -0.05) is 38.5 Å². The first-order valence-corrected chi connectivity index (χ1v) is 3.00. The van der Waals surface area contributed by atoms with E-state index in [4.69, 9.17) is 0 Å². The molecule has 0 unspecified atom stereocenters. The summed E-state index contributed by atoms with van der Waals surface area (Å²) in [6, 6.07) is 0. The van der Waals surface area contributed by atoms with Gasteiger partial charge in [-0.2, -0.15) is 0 Å². The minimum atomic E-state index is 0. The molecule has 0 amide bonds. The van der Waals surface area contributed by atoms with Crippen LogP contribution in [-0.4, -0.2) is 0 Å². The lowest BCUT2D eigenvalue weighted by atomic mass is 10.0. The minimum absolute atomic E-state index is 0. The Labute approximate surface area is 64.1 Å².